The van der Waals surface area contributed by atoms with Crippen LogP contribution in [0, 0.1) is 0 Å². The van der Waals surface area contributed by atoms with Crippen molar-refractivity contribution in [3.63, 3.8) is 0 Å². The topological polar surface area (TPSA) is 88.2 Å². The number of rotatable bonds is 6. The van der Waals surface area contributed by atoms with Gasteiger partial charge < -0.3 is 24.6 Å². The number of carbonyl (C=O) groups is 3. The zero-order valence-electron chi connectivity index (χ0n) is 19.7. The standard InChI is InChI=1S/C27H27N3O5/c1-34-22-11-8-19(9-12-22)25(31)28-23-18-21(27(33)35-2)10-13-24(23)29-14-16-30(17-15-29)26(32)20-6-4-3-5-7-20/h3-13,18H,14-17H2,1-2H3,(H,28,31). The normalized spacial score (nSPS) is 13.2. The molecule has 35 heavy (non-hydrogen) atoms. The van der Waals surface area contributed by atoms with Gasteiger partial charge in [-0.1, -0.05) is 18.2 Å². The average molecular weight is 474 g/mol. The smallest absolute Gasteiger partial charge is 0.337 e. The van der Waals surface area contributed by atoms with Crippen LogP contribution in [0.1, 0.15) is 31.1 Å². The molecule has 0 spiro atoms. The van der Waals surface area contributed by atoms with Gasteiger partial charge in [0, 0.05) is 37.3 Å². The van der Waals surface area contributed by atoms with Crippen molar-refractivity contribution >= 4 is 29.2 Å². The predicted molar refractivity (Wildman–Crippen MR) is 133 cm³/mol. The molecule has 0 saturated carbocycles. The van der Waals surface area contributed by atoms with Crippen molar-refractivity contribution < 1.29 is 23.9 Å². The Morgan fingerprint density at radius 1 is 0.771 bits per heavy atom. The van der Waals surface area contributed by atoms with Crippen LogP contribution in [0.4, 0.5) is 11.4 Å². The van der Waals surface area contributed by atoms with Gasteiger partial charge in [0.25, 0.3) is 11.8 Å². The number of nitrogens with zero attached hydrogens (tertiary/aromatic N) is 2. The first-order valence-corrected chi connectivity index (χ1v) is 11.3. The highest BCUT2D eigenvalue weighted by molar-refractivity contribution is 6.07. The summed E-state index contributed by atoms with van der Waals surface area (Å²) in [4.78, 5) is 41.8. The first-order valence-electron chi connectivity index (χ1n) is 11.3. The molecule has 0 aromatic heterocycles. The van der Waals surface area contributed by atoms with Crippen LogP contribution in [0.15, 0.2) is 72.8 Å². The minimum atomic E-state index is -0.491. The van der Waals surface area contributed by atoms with Gasteiger partial charge in [-0.05, 0) is 54.6 Å². The Balaban J connectivity index is 1.53. The van der Waals surface area contributed by atoms with E-state index in [9.17, 15) is 14.4 Å². The highest BCUT2D eigenvalue weighted by atomic mass is 16.5. The molecule has 3 aromatic carbocycles. The van der Waals surface area contributed by atoms with Crippen LogP contribution < -0.4 is 15.0 Å². The van der Waals surface area contributed by atoms with Crippen LogP contribution in [0.25, 0.3) is 0 Å². The molecule has 1 aliphatic heterocycles. The molecule has 180 valence electrons. The molecule has 2 amide bonds. The number of esters is 1. The number of carbonyl (C=O) groups excluding carboxylic acids is 3. The molecule has 0 unspecified atom stereocenters. The Morgan fingerprint density at radius 3 is 2.06 bits per heavy atom. The van der Waals surface area contributed by atoms with E-state index in [1.54, 1.807) is 49.6 Å². The van der Waals surface area contributed by atoms with Crippen molar-refractivity contribution in [2.24, 2.45) is 0 Å². The van der Waals surface area contributed by atoms with E-state index in [1.807, 2.05) is 35.2 Å². The van der Waals surface area contributed by atoms with Crippen molar-refractivity contribution in [2.45, 2.75) is 0 Å². The predicted octanol–water partition coefficient (Wildman–Crippen LogP) is 3.70. The van der Waals surface area contributed by atoms with Crippen LogP contribution in [0.3, 0.4) is 0 Å². The first kappa shape index (κ1) is 23.8. The summed E-state index contributed by atoms with van der Waals surface area (Å²) in [7, 11) is 2.88. The third-order valence-corrected chi connectivity index (χ3v) is 5.95. The minimum absolute atomic E-state index is 0.000629. The van der Waals surface area contributed by atoms with Gasteiger partial charge in [-0.25, -0.2) is 4.79 Å². The molecule has 1 saturated heterocycles. The number of ether oxygens (including phenoxy) is 2. The lowest BCUT2D eigenvalue weighted by molar-refractivity contribution is 0.0600. The second kappa shape index (κ2) is 10.7. The van der Waals surface area contributed by atoms with Crippen LogP contribution in [0.2, 0.25) is 0 Å². The number of amides is 2. The minimum Gasteiger partial charge on any atom is -0.497 e. The highest BCUT2D eigenvalue weighted by Crippen LogP contribution is 2.29. The molecular weight excluding hydrogens is 446 g/mol. The summed E-state index contributed by atoms with van der Waals surface area (Å²) in [6, 6.07) is 21.1. The summed E-state index contributed by atoms with van der Waals surface area (Å²) in [5, 5.41) is 2.93. The number of hydrogen-bond donors (Lipinski definition) is 1. The third kappa shape index (κ3) is 5.43. The third-order valence-electron chi connectivity index (χ3n) is 5.95. The molecule has 0 aliphatic carbocycles. The first-order chi connectivity index (χ1) is 17.0. The lowest BCUT2D eigenvalue weighted by Gasteiger charge is -2.37. The summed E-state index contributed by atoms with van der Waals surface area (Å²) < 4.78 is 10.0. The van der Waals surface area contributed by atoms with E-state index < -0.39 is 5.97 Å². The molecule has 1 aliphatic rings. The molecule has 8 heteroatoms. The van der Waals surface area contributed by atoms with E-state index in [2.05, 4.69) is 10.2 Å². The zero-order chi connectivity index (χ0) is 24.8. The van der Waals surface area contributed by atoms with Gasteiger partial charge in [-0.2, -0.15) is 0 Å². The SMILES string of the molecule is COC(=O)c1ccc(N2CCN(C(=O)c3ccccc3)CC2)c(NC(=O)c2ccc(OC)cc2)c1. The summed E-state index contributed by atoms with van der Waals surface area (Å²) in [5.41, 5.74) is 2.72. The number of anilines is 2. The molecule has 3 aromatic rings. The van der Waals surface area contributed by atoms with E-state index in [1.165, 1.54) is 7.11 Å². The van der Waals surface area contributed by atoms with Crippen molar-refractivity contribution in [1.82, 2.24) is 4.90 Å². The van der Waals surface area contributed by atoms with Gasteiger partial charge in [0.1, 0.15) is 5.75 Å². The maximum atomic E-state index is 13.0. The van der Waals surface area contributed by atoms with E-state index in [0.29, 0.717) is 54.3 Å². The highest BCUT2D eigenvalue weighted by Gasteiger charge is 2.24. The van der Waals surface area contributed by atoms with Crippen molar-refractivity contribution in [3.05, 3.63) is 89.5 Å². The molecule has 1 N–H and O–H groups in total. The Hall–Kier alpha value is -4.33. The molecule has 4 rings (SSSR count). The quantitative estimate of drug-likeness (QED) is 0.550. The molecule has 0 radical (unpaired) electrons. The molecule has 0 bridgehead atoms. The lowest BCUT2D eigenvalue weighted by atomic mass is 10.1. The van der Waals surface area contributed by atoms with Crippen molar-refractivity contribution in [1.29, 1.82) is 0 Å². The molecular formula is C27H27N3O5. The lowest BCUT2D eigenvalue weighted by Crippen LogP contribution is -2.49. The monoisotopic (exact) mass is 473 g/mol. The van der Waals surface area contributed by atoms with Gasteiger partial charge in [0.15, 0.2) is 0 Å². The van der Waals surface area contributed by atoms with Crippen LogP contribution >= 0.6 is 0 Å². The maximum Gasteiger partial charge on any atom is 0.337 e. The maximum absolute atomic E-state index is 13.0. The average Bonchev–Trinajstić information content (AvgIpc) is 2.92. The van der Waals surface area contributed by atoms with Crippen LogP contribution in [-0.4, -0.2) is 63.1 Å². The van der Waals surface area contributed by atoms with E-state index in [0.717, 1.165) is 5.69 Å². The number of methoxy groups -OCH3 is 2. The van der Waals surface area contributed by atoms with Crippen molar-refractivity contribution in [2.75, 3.05) is 50.6 Å². The van der Waals surface area contributed by atoms with Gasteiger partial charge in [0.05, 0.1) is 31.2 Å². The Bertz CT molecular complexity index is 1200. The van der Waals surface area contributed by atoms with Gasteiger partial charge in [-0.15, -0.1) is 0 Å². The summed E-state index contributed by atoms with van der Waals surface area (Å²) in [6.45, 7) is 2.25. The number of benzene rings is 3. The Kier molecular flexibility index (Phi) is 7.30. The fourth-order valence-electron chi connectivity index (χ4n) is 4.01. The molecule has 1 fully saturated rings. The Labute approximate surface area is 204 Å². The molecule has 1 heterocycles. The molecule has 8 nitrogen and oxygen atoms in total. The van der Waals surface area contributed by atoms with E-state index >= 15 is 0 Å². The Morgan fingerprint density at radius 2 is 1.43 bits per heavy atom. The second-order valence-corrected chi connectivity index (χ2v) is 8.05. The summed E-state index contributed by atoms with van der Waals surface area (Å²) in [5.74, 6) is -0.152. The summed E-state index contributed by atoms with van der Waals surface area (Å²) >= 11 is 0. The van der Waals surface area contributed by atoms with Crippen LogP contribution in [-0.2, 0) is 4.74 Å². The number of nitrogens with one attached hydrogen (secondary N) is 1. The number of hydrogen-bond acceptors (Lipinski definition) is 6. The molecule has 0 atom stereocenters. The van der Waals surface area contributed by atoms with Crippen molar-refractivity contribution in [3.8, 4) is 5.75 Å². The second-order valence-electron chi connectivity index (χ2n) is 8.05. The van der Waals surface area contributed by atoms with E-state index in [-0.39, 0.29) is 11.8 Å². The van der Waals surface area contributed by atoms with Gasteiger partial charge in [-0.3, -0.25) is 9.59 Å². The largest absolute Gasteiger partial charge is 0.497 e. The van der Waals surface area contributed by atoms with Gasteiger partial charge in [0.2, 0.25) is 0 Å². The number of piperazine rings is 1. The zero-order valence-corrected chi connectivity index (χ0v) is 19.7. The van der Waals surface area contributed by atoms with E-state index in [4.69, 9.17) is 9.47 Å². The fraction of sp³-hybridized carbons (Fsp3) is 0.222. The van der Waals surface area contributed by atoms with Crippen LogP contribution in [0.5, 0.6) is 5.75 Å². The fourth-order valence-corrected chi connectivity index (χ4v) is 4.01. The van der Waals surface area contributed by atoms with Gasteiger partial charge >= 0.3 is 5.97 Å². The summed E-state index contributed by atoms with van der Waals surface area (Å²) in [6.07, 6.45) is 0.